The molecular formula is C24H27NO2. The fourth-order valence-corrected chi connectivity index (χ4v) is 3.16. The molecule has 1 aliphatic rings. The van der Waals surface area contributed by atoms with Crippen LogP contribution in [0.2, 0.25) is 0 Å². The van der Waals surface area contributed by atoms with Crippen molar-refractivity contribution in [2.24, 2.45) is 0 Å². The molecule has 3 rings (SSSR count). The molecule has 3 nitrogen and oxygen atoms in total. The first-order valence-corrected chi connectivity index (χ1v) is 9.73. The van der Waals surface area contributed by atoms with E-state index in [0.29, 0.717) is 12.2 Å². The molecule has 1 saturated carbocycles. The molecule has 1 aliphatic carbocycles. The monoisotopic (exact) mass is 361 g/mol. The van der Waals surface area contributed by atoms with Gasteiger partial charge in [-0.15, -0.1) is 0 Å². The summed E-state index contributed by atoms with van der Waals surface area (Å²) < 4.78 is 5.00. The van der Waals surface area contributed by atoms with Gasteiger partial charge in [0.25, 0.3) is 0 Å². The Bertz CT molecular complexity index is 854. The maximum Gasteiger partial charge on any atom is 0.338 e. The highest BCUT2D eigenvalue weighted by molar-refractivity contribution is 5.89. The number of nitrogens with zero attached hydrogens (tertiary/aromatic N) is 1. The lowest BCUT2D eigenvalue weighted by Gasteiger charge is -2.21. The molecule has 0 aliphatic heterocycles. The van der Waals surface area contributed by atoms with Gasteiger partial charge in [0.2, 0.25) is 0 Å². The van der Waals surface area contributed by atoms with Crippen LogP contribution < -0.4 is 0 Å². The van der Waals surface area contributed by atoms with Gasteiger partial charge in [0.1, 0.15) is 0 Å². The minimum absolute atomic E-state index is 0.296. The molecule has 0 N–H and O–H groups in total. The summed E-state index contributed by atoms with van der Waals surface area (Å²) in [6.45, 7) is 8.71. The van der Waals surface area contributed by atoms with Gasteiger partial charge < -0.3 is 4.74 Å². The minimum Gasteiger partial charge on any atom is -0.462 e. The molecule has 2 aromatic rings. The molecule has 0 atom stereocenters. The summed E-state index contributed by atoms with van der Waals surface area (Å²) in [5.41, 5.74) is 5.13. The Morgan fingerprint density at radius 1 is 1.07 bits per heavy atom. The second kappa shape index (κ2) is 8.88. The molecule has 0 aromatic heterocycles. The van der Waals surface area contributed by atoms with Crippen molar-refractivity contribution in [2.75, 3.05) is 13.2 Å². The van der Waals surface area contributed by atoms with E-state index in [1.165, 1.54) is 24.0 Å². The summed E-state index contributed by atoms with van der Waals surface area (Å²) in [6.07, 6.45) is 2.68. The van der Waals surface area contributed by atoms with Crippen LogP contribution in [0.5, 0.6) is 0 Å². The largest absolute Gasteiger partial charge is 0.462 e. The zero-order valence-electron chi connectivity index (χ0n) is 16.4. The third-order valence-electron chi connectivity index (χ3n) is 4.93. The standard InChI is InChI=1S/C24H27NO2/c1-4-25(23-14-15-23)17-22-13-10-20(16-18(22)3)7-6-19-8-11-21(12-9-19)24(26)27-5-2/h8-13,16,23H,4-5,14-15,17H2,1-3H3. The molecule has 1 fully saturated rings. The van der Waals surface area contributed by atoms with Crippen LogP contribution in [0.4, 0.5) is 0 Å². The van der Waals surface area contributed by atoms with Gasteiger partial charge in [-0.25, -0.2) is 4.79 Å². The van der Waals surface area contributed by atoms with Gasteiger partial charge in [-0.05, 0) is 80.8 Å². The Kier molecular flexibility index (Phi) is 6.32. The zero-order valence-corrected chi connectivity index (χ0v) is 16.4. The molecule has 27 heavy (non-hydrogen) atoms. The predicted molar refractivity (Wildman–Crippen MR) is 109 cm³/mol. The molecule has 140 valence electrons. The average Bonchev–Trinajstić information content (AvgIpc) is 3.51. The minimum atomic E-state index is -0.296. The van der Waals surface area contributed by atoms with Crippen LogP contribution in [0.1, 0.15) is 59.3 Å². The molecule has 0 bridgehead atoms. The number of hydrogen-bond donors (Lipinski definition) is 0. The number of aryl methyl sites for hydroxylation is 1. The predicted octanol–water partition coefficient (Wildman–Crippen LogP) is 4.56. The van der Waals surface area contributed by atoms with Crippen molar-refractivity contribution in [1.82, 2.24) is 4.90 Å². The first-order chi connectivity index (χ1) is 13.1. The Balaban J connectivity index is 1.67. The Morgan fingerprint density at radius 2 is 1.74 bits per heavy atom. The molecule has 0 heterocycles. The highest BCUT2D eigenvalue weighted by Gasteiger charge is 2.27. The van der Waals surface area contributed by atoms with Crippen molar-refractivity contribution in [1.29, 1.82) is 0 Å². The lowest BCUT2D eigenvalue weighted by molar-refractivity contribution is 0.0526. The highest BCUT2D eigenvalue weighted by atomic mass is 16.5. The number of rotatable bonds is 6. The summed E-state index contributed by atoms with van der Waals surface area (Å²) in [7, 11) is 0. The van der Waals surface area contributed by atoms with Crippen molar-refractivity contribution in [3.8, 4) is 11.8 Å². The fourth-order valence-electron chi connectivity index (χ4n) is 3.16. The topological polar surface area (TPSA) is 29.5 Å². The van der Waals surface area contributed by atoms with Crippen LogP contribution in [0.25, 0.3) is 0 Å². The van der Waals surface area contributed by atoms with E-state index in [9.17, 15) is 4.79 Å². The maximum absolute atomic E-state index is 11.7. The number of hydrogen-bond acceptors (Lipinski definition) is 3. The van der Waals surface area contributed by atoms with Crippen molar-refractivity contribution >= 4 is 5.97 Å². The highest BCUT2D eigenvalue weighted by Crippen LogP contribution is 2.28. The summed E-state index contributed by atoms with van der Waals surface area (Å²) in [6, 6.07) is 14.5. The number of carbonyl (C=O) groups is 1. The normalized spacial score (nSPS) is 13.2. The van der Waals surface area contributed by atoms with Gasteiger partial charge in [0, 0.05) is 23.7 Å². The number of benzene rings is 2. The molecule has 0 amide bonds. The first kappa shape index (κ1) is 19.2. The number of esters is 1. The second-order valence-electron chi connectivity index (χ2n) is 6.98. The third kappa shape index (κ3) is 5.21. The van der Waals surface area contributed by atoms with E-state index in [2.05, 4.69) is 48.8 Å². The van der Waals surface area contributed by atoms with Crippen molar-refractivity contribution in [3.05, 3.63) is 70.3 Å². The fraction of sp³-hybridized carbons (Fsp3) is 0.375. The first-order valence-electron chi connectivity index (χ1n) is 9.73. The second-order valence-corrected chi connectivity index (χ2v) is 6.98. The molecule has 0 saturated heterocycles. The van der Waals surface area contributed by atoms with Gasteiger partial charge in [-0.3, -0.25) is 4.90 Å². The van der Waals surface area contributed by atoms with Gasteiger partial charge in [0.05, 0.1) is 12.2 Å². The summed E-state index contributed by atoms with van der Waals surface area (Å²) in [5, 5.41) is 0. The van der Waals surface area contributed by atoms with E-state index in [1.807, 2.05) is 12.1 Å². The van der Waals surface area contributed by atoms with Gasteiger partial charge in [-0.2, -0.15) is 0 Å². The van der Waals surface area contributed by atoms with Crippen molar-refractivity contribution in [3.63, 3.8) is 0 Å². The number of carbonyl (C=O) groups excluding carboxylic acids is 1. The van der Waals surface area contributed by atoms with E-state index < -0.39 is 0 Å². The van der Waals surface area contributed by atoms with Crippen molar-refractivity contribution < 1.29 is 9.53 Å². The average molecular weight is 361 g/mol. The van der Waals surface area contributed by atoms with Gasteiger partial charge >= 0.3 is 5.97 Å². The SMILES string of the molecule is CCOC(=O)c1ccc(C#Cc2ccc(CN(CC)C3CC3)c(C)c2)cc1. The van der Waals surface area contributed by atoms with E-state index in [1.54, 1.807) is 19.1 Å². The Hall–Kier alpha value is -2.57. The smallest absolute Gasteiger partial charge is 0.338 e. The zero-order chi connectivity index (χ0) is 19.2. The lowest BCUT2D eigenvalue weighted by Crippen LogP contribution is -2.25. The quantitative estimate of drug-likeness (QED) is 0.558. The van der Waals surface area contributed by atoms with E-state index in [0.717, 1.165) is 30.3 Å². The van der Waals surface area contributed by atoms with Crippen LogP contribution >= 0.6 is 0 Å². The lowest BCUT2D eigenvalue weighted by atomic mass is 10.0. The Labute approximate surface area is 162 Å². The van der Waals surface area contributed by atoms with Crippen LogP contribution in [0, 0.1) is 18.8 Å². The summed E-state index contributed by atoms with van der Waals surface area (Å²) in [4.78, 5) is 14.2. The molecular weight excluding hydrogens is 334 g/mol. The molecule has 0 radical (unpaired) electrons. The van der Waals surface area contributed by atoms with Crippen LogP contribution in [0.15, 0.2) is 42.5 Å². The summed E-state index contributed by atoms with van der Waals surface area (Å²) >= 11 is 0. The van der Waals surface area contributed by atoms with Crippen molar-refractivity contribution in [2.45, 2.75) is 46.2 Å². The summed E-state index contributed by atoms with van der Waals surface area (Å²) in [5.74, 6) is 6.10. The molecule has 0 spiro atoms. The van der Waals surface area contributed by atoms with E-state index in [-0.39, 0.29) is 5.97 Å². The van der Waals surface area contributed by atoms with Gasteiger partial charge in [-0.1, -0.05) is 24.8 Å². The van der Waals surface area contributed by atoms with Crippen LogP contribution in [0.3, 0.4) is 0 Å². The van der Waals surface area contributed by atoms with E-state index >= 15 is 0 Å². The molecule has 3 heteroatoms. The van der Waals surface area contributed by atoms with E-state index in [4.69, 9.17) is 4.74 Å². The van der Waals surface area contributed by atoms with Crippen LogP contribution in [-0.4, -0.2) is 30.1 Å². The Morgan fingerprint density at radius 3 is 2.33 bits per heavy atom. The maximum atomic E-state index is 11.7. The molecule has 2 aromatic carbocycles. The van der Waals surface area contributed by atoms with Crippen LogP contribution in [-0.2, 0) is 11.3 Å². The van der Waals surface area contributed by atoms with Gasteiger partial charge in [0.15, 0.2) is 0 Å². The molecule has 0 unspecified atom stereocenters. The third-order valence-corrected chi connectivity index (χ3v) is 4.93. The number of ether oxygens (including phenoxy) is 1.